The number of nitrogens with one attached hydrogen (secondary N) is 2. The minimum atomic E-state index is -0.183. The number of para-hydroxylation sites is 1. The minimum Gasteiger partial charge on any atom is -0.496 e. The summed E-state index contributed by atoms with van der Waals surface area (Å²) >= 11 is 0. The molecule has 0 aliphatic carbocycles. The molecule has 3 heterocycles. The molecule has 0 saturated carbocycles. The van der Waals surface area contributed by atoms with Gasteiger partial charge in [-0.1, -0.05) is 18.2 Å². The molecule has 1 aromatic heterocycles. The number of rotatable bonds is 3. The fourth-order valence-corrected chi connectivity index (χ4v) is 3.25. The molecule has 24 heavy (non-hydrogen) atoms. The number of carbonyl (C=O) groups excluding carboxylic acids is 1. The normalized spacial score (nSPS) is 22.6. The van der Waals surface area contributed by atoms with Crippen LogP contribution in [0.2, 0.25) is 0 Å². The number of carbonyl (C=O) groups is 1. The molecule has 0 bridgehead atoms. The van der Waals surface area contributed by atoms with Crippen LogP contribution in [-0.4, -0.2) is 35.7 Å². The van der Waals surface area contributed by atoms with E-state index in [2.05, 4.69) is 15.7 Å². The number of nitrogens with zero attached hydrogens (tertiary/aromatic N) is 2. The van der Waals surface area contributed by atoms with Gasteiger partial charge in [-0.05, 0) is 24.3 Å². The van der Waals surface area contributed by atoms with E-state index in [9.17, 15) is 4.79 Å². The lowest BCUT2D eigenvalue weighted by atomic mass is 9.99. The Hall–Kier alpha value is -2.86. The Labute approximate surface area is 140 Å². The van der Waals surface area contributed by atoms with Crippen LogP contribution in [0.15, 0.2) is 54.7 Å². The zero-order valence-corrected chi connectivity index (χ0v) is 13.3. The van der Waals surface area contributed by atoms with Crippen LogP contribution >= 0.6 is 0 Å². The Morgan fingerprint density at radius 3 is 2.83 bits per heavy atom. The van der Waals surface area contributed by atoms with Crippen molar-refractivity contribution in [2.75, 3.05) is 13.7 Å². The molecule has 2 aromatic rings. The third-order valence-electron chi connectivity index (χ3n) is 4.41. The number of hydrogen-bond donors (Lipinski definition) is 2. The van der Waals surface area contributed by atoms with Gasteiger partial charge in [0.15, 0.2) is 0 Å². The van der Waals surface area contributed by atoms with Crippen LogP contribution in [0.1, 0.15) is 17.2 Å². The molecule has 2 aliphatic rings. The molecule has 1 fully saturated rings. The lowest BCUT2D eigenvalue weighted by molar-refractivity contribution is -0.130. The first-order valence-corrected chi connectivity index (χ1v) is 7.87. The molecule has 0 spiro atoms. The van der Waals surface area contributed by atoms with E-state index in [1.165, 1.54) is 0 Å². The molecule has 2 unspecified atom stereocenters. The molecule has 6 nitrogen and oxygen atoms in total. The van der Waals surface area contributed by atoms with Gasteiger partial charge < -0.3 is 10.1 Å². The Bertz CT molecular complexity index is 791. The van der Waals surface area contributed by atoms with Crippen LogP contribution < -0.4 is 15.5 Å². The van der Waals surface area contributed by atoms with Crippen molar-refractivity contribution in [1.82, 2.24) is 20.7 Å². The maximum Gasteiger partial charge on any atom is 0.264 e. The average Bonchev–Trinajstić information content (AvgIpc) is 3.07. The van der Waals surface area contributed by atoms with Gasteiger partial charge in [-0.3, -0.25) is 14.8 Å². The summed E-state index contributed by atoms with van der Waals surface area (Å²) in [5.74, 6) is 0.740. The molecule has 0 radical (unpaired) electrons. The van der Waals surface area contributed by atoms with Gasteiger partial charge in [-0.25, -0.2) is 5.43 Å². The van der Waals surface area contributed by atoms with Crippen LogP contribution in [0.3, 0.4) is 0 Å². The summed E-state index contributed by atoms with van der Waals surface area (Å²) in [4.78, 5) is 17.0. The fraction of sp³-hybridized carbons (Fsp3) is 0.222. The van der Waals surface area contributed by atoms with Crippen LogP contribution in [0, 0.1) is 0 Å². The number of benzene rings is 1. The lowest BCUT2D eigenvalue weighted by Gasteiger charge is -2.33. The smallest absolute Gasteiger partial charge is 0.264 e. The zero-order valence-electron chi connectivity index (χ0n) is 13.3. The fourth-order valence-electron chi connectivity index (χ4n) is 3.25. The monoisotopic (exact) mass is 322 g/mol. The number of fused-ring (bicyclic) bond motifs is 1. The predicted molar refractivity (Wildman–Crippen MR) is 89.7 cm³/mol. The number of amides is 1. The van der Waals surface area contributed by atoms with E-state index in [0.717, 1.165) is 22.7 Å². The number of methoxy groups -OCH3 is 1. The third-order valence-corrected chi connectivity index (χ3v) is 4.41. The molecular weight excluding hydrogens is 304 g/mol. The van der Waals surface area contributed by atoms with Crippen molar-refractivity contribution in [3.05, 3.63) is 66.0 Å². The van der Waals surface area contributed by atoms with E-state index < -0.39 is 0 Å². The highest BCUT2D eigenvalue weighted by Crippen LogP contribution is 2.32. The highest BCUT2D eigenvalue weighted by atomic mass is 16.5. The van der Waals surface area contributed by atoms with Crippen molar-refractivity contribution < 1.29 is 9.53 Å². The van der Waals surface area contributed by atoms with Crippen molar-refractivity contribution in [1.29, 1.82) is 0 Å². The molecule has 1 amide bonds. The number of hydrazine groups is 1. The van der Waals surface area contributed by atoms with Crippen LogP contribution in [0.4, 0.5) is 0 Å². The van der Waals surface area contributed by atoms with Gasteiger partial charge in [0, 0.05) is 30.1 Å². The predicted octanol–water partition coefficient (Wildman–Crippen LogP) is 1.49. The Kier molecular flexibility index (Phi) is 3.66. The van der Waals surface area contributed by atoms with Gasteiger partial charge >= 0.3 is 0 Å². The summed E-state index contributed by atoms with van der Waals surface area (Å²) in [6.45, 7) is 0.660. The zero-order chi connectivity index (χ0) is 16.5. The standard InChI is InChI=1S/C18H18N4O2/c1-24-16-8-3-2-6-12(16)15-10-17(23)22-18(21-15)13(11-20-22)14-7-4-5-9-19-14/h2-10,13,18,20-21H,11H2,1H3. The molecular formula is C18H18N4O2. The van der Waals surface area contributed by atoms with Crippen molar-refractivity contribution in [2.24, 2.45) is 0 Å². The van der Waals surface area contributed by atoms with Gasteiger partial charge in [-0.15, -0.1) is 0 Å². The second-order valence-corrected chi connectivity index (χ2v) is 5.78. The number of hydrogen-bond acceptors (Lipinski definition) is 5. The molecule has 2 N–H and O–H groups in total. The van der Waals surface area contributed by atoms with Crippen molar-refractivity contribution >= 4 is 11.6 Å². The van der Waals surface area contributed by atoms with Gasteiger partial charge in [0.1, 0.15) is 11.9 Å². The highest BCUT2D eigenvalue weighted by Gasteiger charge is 2.41. The first-order valence-electron chi connectivity index (χ1n) is 7.87. The maximum absolute atomic E-state index is 12.5. The molecule has 4 rings (SSSR count). The van der Waals surface area contributed by atoms with E-state index in [0.29, 0.717) is 6.54 Å². The largest absolute Gasteiger partial charge is 0.496 e. The van der Waals surface area contributed by atoms with Crippen molar-refractivity contribution in [3.8, 4) is 5.75 Å². The third kappa shape index (κ3) is 2.41. The average molecular weight is 322 g/mol. The topological polar surface area (TPSA) is 66.5 Å². The van der Waals surface area contributed by atoms with Gasteiger partial charge in [-0.2, -0.15) is 0 Å². The first-order chi connectivity index (χ1) is 11.8. The highest BCUT2D eigenvalue weighted by molar-refractivity contribution is 5.97. The summed E-state index contributed by atoms with van der Waals surface area (Å²) in [5.41, 5.74) is 5.76. The van der Waals surface area contributed by atoms with E-state index in [4.69, 9.17) is 4.74 Å². The molecule has 1 saturated heterocycles. The second-order valence-electron chi connectivity index (χ2n) is 5.78. The van der Waals surface area contributed by atoms with E-state index in [-0.39, 0.29) is 18.0 Å². The SMILES string of the molecule is COc1ccccc1C1=CC(=O)N2NCC(c3ccccn3)C2N1. The number of ether oxygens (including phenoxy) is 1. The minimum absolute atomic E-state index is 0.0712. The van der Waals surface area contributed by atoms with Crippen LogP contribution in [0.25, 0.3) is 5.70 Å². The maximum atomic E-state index is 12.5. The van der Waals surface area contributed by atoms with Gasteiger partial charge in [0.25, 0.3) is 5.91 Å². The quantitative estimate of drug-likeness (QED) is 0.896. The molecule has 122 valence electrons. The number of aromatic nitrogens is 1. The van der Waals surface area contributed by atoms with Crippen LogP contribution in [-0.2, 0) is 4.79 Å². The van der Waals surface area contributed by atoms with Gasteiger partial charge in [0.05, 0.1) is 18.7 Å². The molecule has 6 heteroatoms. The van der Waals surface area contributed by atoms with Crippen molar-refractivity contribution in [3.63, 3.8) is 0 Å². The lowest BCUT2D eigenvalue weighted by Crippen LogP contribution is -2.52. The summed E-state index contributed by atoms with van der Waals surface area (Å²) in [7, 11) is 1.63. The van der Waals surface area contributed by atoms with E-state index >= 15 is 0 Å². The summed E-state index contributed by atoms with van der Waals surface area (Å²) in [5, 5.41) is 5.11. The molecule has 1 aromatic carbocycles. The molecule has 2 aliphatic heterocycles. The van der Waals surface area contributed by atoms with E-state index in [1.54, 1.807) is 24.4 Å². The summed E-state index contributed by atoms with van der Waals surface area (Å²) in [6.07, 6.45) is 3.19. The Morgan fingerprint density at radius 2 is 2.04 bits per heavy atom. The Morgan fingerprint density at radius 1 is 1.21 bits per heavy atom. The van der Waals surface area contributed by atoms with Gasteiger partial charge in [0.2, 0.25) is 0 Å². The summed E-state index contributed by atoms with van der Waals surface area (Å²) < 4.78 is 5.42. The summed E-state index contributed by atoms with van der Waals surface area (Å²) in [6, 6.07) is 13.5. The van der Waals surface area contributed by atoms with Crippen LogP contribution in [0.5, 0.6) is 5.75 Å². The Balaban J connectivity index is 1.69. The molecule has 2 atom stereocenters. The van der Waals surface area contributed by atoms with Crippen molar-refractivity contribution in [2.45, 2.75) is 12.1 Å². The second kappa shape index (κ2) is 5.98. The number of pyridine rings is 1. The first kappa shape index (κ1) is 14.7. The van der Waals surface area contributed by atoms with E-state index in [1.807, 2.05) is 42.5 Å².